The Hall–Kier alpha value is -1.13. The summed E-state index contributed by atoms with van der Waals surface area (Å²) in [4.78, 5) is 7.08. The van der Waals surface area contributed by atoms with Crippen LogP contribution in [-0.2, 0) is 11.3 Å². The summed E-state index contributed by atoms with van der Waals surface area (Å²) in [5.41, 5.74) is 3.69. The molecular formula is C16H29N3O. The fourth-order valence-corrected chi connectivity index (χ4v) is 2.31. The number of ether oxygens (including phenoxy) is 1. The third-order valence-electron chi connectivity index (χ3n) is 3.40. The van der Waals surface area contributed by atoms with Gasteiger partial charge >= 0.3 is 0 Å². The molecule has 0 spiro atoms. The van der Waals surface area contributed by atoms with Crippen LogP contribution < -0.4 is 10.2 Å². The van der Waals surface area contributed by atoms with Crippen molar-refractivity contribution in [1.82, 2.24) is 10.3 Å². The predicted molar refractivity (Wildman–Crippen MR) is 85.5 cm³/mol. The fraction of sp³-hybridized carbons (Fsp3) is 0.688. The van der Waals surface area contributed by atoms with Gasteiger partial charge in [0.1, 0.15) is 5.82 Å². The van der Waals surface area contributed by atoms with Crippen molar-refractivity contribution in [3.63, 3.8) is 0 Å². The maximum atomic E-state index is 5.48. The summed E-state index contributed by atoms with van der Waals surface area (Å²) in [5, 5.41) is 3.41. The largest absolute Gasteiger partial charge is 0.380 e. The molecule has 0 bridgehead atoms. The van der Waals surface area contributed by atoms with Gasteiger partial charge in [-0.25, -0.2) is 4.98 Å². The number of anilines is 1. The van der Waals surface area contributed by atoms with Crippen LogP contribution >= 0.6 is 0 Å². The van der Waals surface area contributed by atoms with Crippen molar-refractivity contribution >= 4 is 5.82 Å². The molecule has 0 aromatic carbocycles. The predicted octanol–water partition coefficient (Wildman–Crippen LogP) is 2.67. The second-order valence-electron chi connectivity index (χ2n) is 4.94. The first-order valence-electron chi connectivity index (χ1n) is 7.64. The van der Waals surface area contributed by atoms with E-state index in [0.29, 0.717) is 0 Å². The number of likely N-dealkylation sites (N-methyl/N-ethyl adjacent to an activating group) is 1. The van der Waals surface area contributed by atoms with Gasteiger partial charge in [0.25, 0.3) is 0 Å². The first-order valence-corrected chi connectivity index (χ1v) is 7.64. The first-order chi connectivity index (χ1) is 9.63. The van der Waals surface area contributed by atoms with Gasteiger partial charge in [0, 0.05) is 37.5 Å². The van der Waals surface area contributed by atoms with Crippen LogP contribution in [0.4, 0.5) is 5.82 Å². The van der Waals surface area contributed by atoms with Gasteiger partial charge < -0.3 is 15.0 Å². The number of rotatable bonds is 9. The number of hydrogen-bond acceptors (Lipinski definition) is 4. The Labute approximate surface area is 123 Å². The number of pyridine rings is 1. The summed E-state index contributed by atoms with van der Waals surface area (Å²) in [7, 11) is 0. The minimum absolute atomic E-state index is 0.750. The highest BCUT2D eigenvalue weighted by atomic mass is 16.5. The topological polar surface area (TPSA) is 37.4 Å². The average Bonchev–Trinajstić information content (AvgIpc) is 2.42. The molecule has 1 aromatic rings. The maximum Gasteiger partial charge on any atom is 0.133 e. The van der Waals surface area contributed by atoms with E-state index in [1.165, 1.54) is 11.1 Å². The third kappa shape index (κ3) is 4.76. The van der Waals surface area contributed by atoms with Crippen molar-refractivity contribution in [3.05, 3.63) is 22.9 Å². The smallest absolute Gasteiger partial charge is 0.133 e. The Balaban J connectivity index is 2.98. The number of hydrogen-bond donors (Lipinski definition) is 1. The Morgan fingerprint density at radius 3 is 2.60 bits per heavy atom. The highest BCUT2D eigenvalue weighted by molar-refractivity contribution is 5.51. The summed E-state index contributed by atoms with van der Waals surface area (Å²) >= 11 is 0. The molecule has 20 heavy (non-hydrogen) atoms. The normalized spacial score (nSPS) is 10.8. The zero-order valence-corrected chi connectivity index (χ0v) is 13.6. The molecular weight excluding hydrogens is 250 g/mol. The van der Waals surface area contributed by atoms with Crippen LogP contribution in [0.1, 0.15) is 37.6 Å². The van der Waals surface area contributed by atoms with Crippen molar-refractivity contribution < 1.29 is 4.74 Å². The summed E-state index contributed by atoms with van der Waals surface area (Å²) in [5.74, 6) is 1.10. The van der Waals surface area contributed by atoms with E-state index in [9.17, 15) is 0 Å². The molecule has 4 nitrogen and oxygen atoms in total. The monoisotopic (exact) mass is 279 g/mol. The lowest BCUT2D eigenvalue weighted by Crippen LogP contribution is -2.30. The van der Waals surface area contributed by atoms with Gasteiger partial charge in [0.05, 0.1) is 6.61 Å². The van der Waals surface area contributed by atoms with E-state index in [-0.39, 0.29) is 0 Å². The van der Waals surface area contributed by atoms with Gasteiger partial charge in [0.15, 0.2) is 0 Å². The first kappa shape index (κ1) is 16.9. The van der Waals surface area contributed by atoms with Gasteiger partial charge in [-0.15, -0.1) is 0 Å². The quantitative estimate of drug-likeness (QED) is 0.705. The summed E-state index contributed by atoms with van der Waals surface area (Å²) in [6, 6.07) is 2.16. The minimum atomic E-state index is 0.750. The van der Waals surface area contributed by atoms with Crippen molar-refractivity contribution in [1.29, 1.82) is 0 Å². The molecule has 0 radical (unpaired) electrons. The van der Waals surface area contributed by atoms with E-state index in [2.05, 4.69) is 44.0 Å². The van der Waals surface area contributed by atoms with E-state index >= 15 is 0 Å². The summed E-state index contributed by atoms with van der Waals surface area (Å²) in [6.45, 7) is 15.7. The highest BCUT2D eigenvalue weighted by Gasteiger charge is 2.14. The molecule has 1 rings (SSSR count). The van der Waals surface area contributed by atoms with Crippen LogP contribution in [0.25, 0.3) is 0 Å². The van der Waals surface area contributed by atoms with Crippen LogP contribution in [0.5, 0.6) is 0 Å². The lowest BCUT2D eigenvalue weighted by molar-refractivity contribution is 0.154. The molecule has 114 valence electrons. The summed E-state index contributed by atoms with van der Waals surface area (Å²) < 4.78 is 5.48. The van der Waals surface area contributed by atoms with E-state index in [1.54, 1.807) is 0 Å². The zero-order valence-electron chi connectivity index (χ0n) is 13.6. The molecule has 0 saturated heterocycles. The Kier molecular flexibility index (Phi) is 7.55. The van der Waals surface area contributed by atoms with E-state index in [0.717, 1.165) is 50.9 Å². The molecule has 4 heteroatoms. The fourth-order valence-electron chi connectivity index (χ4n) is 2.31. The van der Waals surface area contributed by atoms with Gasteiger partial charge in [-0.1, -0.05) is 6.92 Å². The van der Waals surface area contributed by atoms with Gasteiger partial charge in [-0.3, -0.25) is 0 Å². The third-order valence-corrected chi connectivity index (χ3v) is 3.40. The Morgan fingerprint density at radius 1 is 1.25 bits per heavy atom. The number of nitrogens with zero attached hydrogens (tertiary/aromatic N) is 2. The number of nitrogens with one attached hydrogen (secondary N) is 1. The van der Waals surface area contributed by atoms with Gasteiger partial charge in [0.2, 0.25) is 0 Å². The van der Waals surface area contributed by atoms with E-state index in [1.807, 2.05) is 6.92 Å². The van der Waals surface area contributed by atoms with Gasteiger partial charge in [-0.05, 0) is 45.9 Å². The second-order valence-corrected chi connectivity index (χ2v) is 4.94. The lowest BCUT2D eigenvalue weighted by Gasteiger charge is -2.26. The molecule has 0 aliphatic heterocycles. The molecule has 1 heterocycles. The molecule has 0 aliphatic carbocycles. The molecule has 0 amide bonds. The van der Waals surface area contributed by atoms with Crippen molar-refractivity contribution in [2.24, 2.45) is 0 Å². The molecule has 0 fully saturated rings. The lowest BCUT2D eigenvalue weighted by atomic mass is 10.1. The average molecular weight is 279 g/mol. The maximum absolute atomic E-state index is 5.48. The second kappa shape index (κ2) is 8.93. The highest BCUT2D eigenvalue weighted by Crippen LogP contribution is 2.22. The van der Waals surface area contributed by atoms with Crippen LogP contribution in [0.2, 0.25) is 0 Å². The van der Waals surface area contributed by atoms with Crippen molar-refractivity contribution in [2.75, 3.05) is 37.7 Å². The van der Waals surface area contributed by atoms with E-state index < -0.39 is 0 Å². The van der Waals surface area contributed by atoms with Crippen molar-refractivity contribution in [3.8, 4) is 0 Å². The summed E-state index contributed by atoms with van der Waals surface area (Å²) in [6.07, 6.45) is 0. The van der Waals surface area contributed by atoms with Crippen LogP contribution in [0, 0.1) is 13.8 Å². The molecule has 0 aliphatic rings. The standard InChI is InChI=1S/C16H29N3O/c1-6-17-12-15-13(4)11-14(5)18-16(15)19(7-2)9-10-20-8-3/h11,17H,6-10,12H2,1-5H3. The van der Waals surface area contributed by atoms with Crippen molar-refractivity contribution in [2.45, 2.75) is 41.2 Å². The van der Waals surface area contributed by atoms with Gasteiger partial charge in [-0.2, -0.15) is 0 Å². The van der Waals surface area contributed by atoms with Crippen LogP contribution in [0.3, 0.4) is 0 Å². The molecule has 0 saturated carbocycles. The van der Waals surface area contributed by atoms with E-state index in [4.69, 9.17) is 9.72 Å². The number of aromatic nitrogens is 1. The molecule has 1 N–H and O–H groups in total. The minimum Gasteiger partial charge on any atom is -0.380 e. The molecule has 1 aromatic heterocycles. The SMILES string of the molecule is CCNCc1c(C)cc(C)nc1N(CC)CCOCC. The zero-order chi connectivity index (χ0) is 15.0. The molecule has 0 atom stereocenters. The van der Waals surface area contributed by atoms with Crippen LogP contribution in [0.15, 0.2) is 6.07 Å². The van der Waals surface area contributed by atoms with Crippen LogP contribution in [-0.4, -0.2) is 37.8 Å². The number of aryl methyl sites for hydroxylation is 2. The molecule has 0 unspecified atom stereocenters. The Bertz CT molecular complexity index is 407. The Morgan fingerprint density at radius 2 is 2.00 bits per heavy atom.